The summed E-state index contributed by atoms with van der Waals surface area (Å²) in [6, 6.07) is 8.69. The molecule has 2 N–H and O–H groups in total. The molecule has 2 rings (SSSR count). The first-order valence-electron chi connectivity index (χ1n) is 10.9. The van der Waals surface area contributed by atoms with E-state index in [0.717, 1.165) is 10.5 Å². The van der Waals surface area contributed by atoms with Gasteiger partial charge in [-0.25, -0.2) is 0 Å². The second-order valence-electron chi connectivity index (χ2n) is 7.93. The number of ketones is 1. The van der Waals surface area contributed by atoms with Crippen molar-refractivity contribution in [3.8, 4) is 0 Å². The molecule has 3 atom stereocenters. The van der Waals surface area contributed by atoms with Gasteiger partial charge < -0.3 is 10.6 Å². The van der Waals surface area contributed by atoms with Gasteiger partial charge in [-0.3, -0.25) is 28.9 Å². The van der Waals surface area contributed by atoms with Gasteiger partial charge in [0, 0.05) is 44.5 Å². The van der Waals surface area contributed by atoms with Gasteiger partial charge in [0.2, 0.25) is 23.6 Å². The smallest absolute Gasteiger partial charge is 0.233 e. The predicted octanol–water partition coefficient (Wildman–Crippen LogP) is 1.24. The lowest BCUT2D eigenvalue weighted by atomic mass is 9.91. The van der Waals surface area contributed by atoms with Crippen LogP contribution >= 0.6 is 24.4 Å². The van der Waals surface area contributed by atoms with Crippen LogP contribution in [0.3, 0.4) is 0 Å². The zero-order chi connectivity index (χ0) is 24.4. The van der Waals surface area contributed by atoms with Crippen LogP contribution in [0.1, 0.15) is 31.2 Å². The molecule has 0 bridgehead atoms. The third kappa shape index (κ3) is 8.19. The van der Waals surface area contributed by atoms with Gasteiger partial charge in [-0.15, -0.1) is 0 Å². The van der Waals surface area contributed by atoms with Crippen molar-refractivity contribution >= 4 is 53.8 Å². The molecule has 8 nitrogen and oxygen atoms in total. The van der Waals surface area contributed by atoms with Crippen LogP contribution in [0.5, 0.6) is 0 Å². The maximum Gasteiger partial charge on any atom is 0.233 e. The minimum Gasteiger partial charge on any atom is -0.359 e. The molecule has 1 aliphatic heterocycles. The Hall–Kier alpha value is -2.33. The molecule has 0 aliphatic carbocycles. The highest BCUT2D eigenvalue weighted by molar-refractivity contribution is 7.98. The average Bonchev–Trinajstić information content (AvgIpc) is 3.13. The van der Waals surface area contributed by atoms with Gasteiger partial charge in [0.05, 0.1) is 11.3 Å². The SMILES string of the molecule is CNC(=O)[C@@H](CC(=O)[C@H](CSC)NC(=O)[C@@H](S)CCN1C(=O)CCC1=O)Cc1ccccc1. The van der Waals surface area contributed by atoms with Crippen molar-refractivity contribution in [1.29, 1.82) is 0 Å². The van der Waals surface area contributed by atoms with E-state index in [9.17, 15) is 24.0 Å². The Morgan fingerprint density at radius 3 is 2.30 bits per heavy atom. The Morgan fingerprint density at radius 2 is 1.73 bits per heavy atom. The zero-order valence-corrected chi connectivity index (χ0v) is 20.6. The Labute approximate surface area is 204 Å². The molecular formula is C23H31N3O5S2. The normalized spacial score (nSPS) is 16.3. The van der Waals surface area contributed by atoms with Crippen LogP contribution in [0.25, 0.3) is 0 Å². The molecule has 10 heteroatoms. The van der Waals surface area contributed by atoms with E-state index < -0.39 is 23.1 Å². The van der Waals surface area contributed by atoms with Crippen molar-refractivity contribution in [1.82, 2.24) is 15.5 Å². The molecule has 0 spiro atoms. The minimum absolute atomic E-state index is 0.00586. The molecule has 0 unspecified atom stereocenters. The number of amides is 4. The fourth-order valence-corrected chi connectivity index (χ4v) is 4.44. The van der Waals surface area contributed by atoms with E-state index in [-0.39, 0.29) is 55.7 Å². The summed E-state index contributed by atoms with van der Waals surface area (Å²) >= 11 is 5.72. The summed E-state index contributed by atoms with van der Waals surface area (Å²) in [5.41, 5.74) is 0.950. The van der Waals surface area contributed by atoms with Crippen LogP contribution in [-0.2, 0) is 30.4 Å². The van der Waals surface area contributed by atoms with Crippen molar-refractivity contribution in [2.45, 2.75) is 43.4 Å². The minimum atomic E-state index is -0.776. The largest absolute Gasteiger partial charge is 0.359 e. The van der Waals surface area contributed by atoms with E-state index in [1.807, 2.05) is 36.6 Å². The monoisotopic (exact) mass is 493 g/mol. The molecule has 0 aromatic heterocycles. The van der Waals surface area contributed by atoms with E-state index in [2.05, 4.69) is 23.3 Å². The summed E-state index contributed by atoms with van der Waals surface area (Å²) in [4.78, 5) is 62.7. The molecule has 33 heavy (non-hydrogen) atoms. The fraction of sp³-hybridized carbons (Fsp3) is 0.522. The summed E-state index contributed by atoms with van der Waals surface area (Å²) in [7, 11) is 1.54. The van der Waals surface area contributed by atoms with Crippen molar-refractivity contribution in [3.05, 3.63) is 35.9 Å². The summed E-state index contributed by atoms with van der Waals surface area (Å²) in [5, 5.41) is 4.58. The van der Waals surface area contributed by atoms with E-state index >= 15 is 0 Å². The van der Waals surface area contributed by atoms with Crippen LogP contribution in [0.2, 0.25) is 0 Å². The summed E-state index contributed by atoms with van der Waals surface area (Å²) < 4.78 is 0. The molecule has 1 aromatic rings. The molecule has 0 radical (unpaired) electrons. The number of rotatable bonds is 13. The van der Waals surface area contributed by atoms with Gasteiger partial charge in [-0.05, 0) is 24.7 Å². The topological polar surface area (TPSA) is 113 Å². The quantitative estimate of drug-likeness (QED) is 0.282. The molecule has 1 heterocycles. The Kier molecular flexibility index (Phi) is 10.9. The zero-order valence-electron chi connectivity index (χ0n) is 18.9. The number of thioether (sulfide) groups is 1. The number of nitrogens with zero attached hydrogens (tertiary/aromatic N) is 1. The Morgan fingerprint density at radius 1 is 1.09 bits per heavy atom. The van der Waals surface area contributed by atoms with E-state index in [4.69, 9.17) is 0 Å². The van der Waals surface area contributed by atoms with Gasteiger partial charge in [0.25, 0.3) is 0 Å². The Bertz CT molecular complexity index is 849. The maximum absolute atomic E-state index is 13.0. The van der Waals surface area contributed by atoms with Crippen LogP contribution in [0.15, 0.2) is 30.3 Å². The molecule has 1 fully saturated rings. The van der Waals surface area contributed by atoms with E-state index in [1.165, 1.54) is 18.8 Å². The van der Waals surface area contributed by atoms with Gasteiger partial charge in [0.1, 0.15) is 0 Å². The highest BCUT2D eigenvalue weighted by Gasteiger charge is 2.31. The van der Waals surface area contributed by atoms with E-state index in [1.54, 1.807) is 0 Å². The number of nitrogens with one attached hydrogen (secondary N) is 2. The fourth-order valence-electron chi connectivity index (χ4n) is 3.65. The number of hydrogen-bond acceptors (Lipinski definition) is 7. The van der Waals surface area contributed by atoms with Gasteiger partial charge in [-0.1, -0.05) is 30.3 Å². The average molecular weight is 494 g/mol. The highest BCUT2D eigenvalue weighted by Crippen LogP contribution is 2.17. The third-order valence-corrected chi connectivity index (χ3v) is 6.67. The second kappa shape index (κ2) is 13.4. The summed E-state index contributed by atoms with van der Waals surface area (Å²) in [6.07, 6.45) is 2.83. The number of benzene rings is 1. The first kappa shape index (κ1) is 26.9. The second-order valence-corrected chi connectivity index (χ2v) is 9.47. The number of thiol groups is 1. The lowest BCUT2D eigenvalue weighted by molar-refractivity contribution is -0.138. The molecule has 1 aromatic carbocycles. The lowest BCUT2D eigenvalue weighted by Gasteiger charge is -2.22. The summed E-state index contributed by atoms with van der Waals surface area (Å²) in [6.45, 7) is 0.121. The highest BCUT2D eigenvalue weighted by atomic mass is 32.2. The molecule has 180 valence electrons. The number of Topliss-reactive ketones (excluding diaryl/α,β-unsaturated/α-hetero) is 1. The first-order valence-corrected chi connectivity index (χ1v) is 12.8. The Balaban J connectivity index is 1.97. The van der Waals surface area contributed by atoms with Crippen LogP contribution < -0.4 is 10.6 Å². The maximum atomic E-state index is 13.0. The van der Waals surface area contributed by atoms with Gasteiger partial charge >= 0.3 is 0 Å². The number of imide groups is 1. The van der Waals surface area contributed by atoms with Gasteiger partial charge in [-0.2, -0.15) is 24.4 Å². The molecule has 1 aliphatic rings. The number of likely N-dealkylation sites (tertiary alicyclic amines) is 1. The van der Waals surface area contributed by atoms with Crippen LogP contribution in [0, 0.1) is 5.92 Å². The van der Waals surface area contributed by atoms with Crippen molar-refractivity contribution < 1.29 is 24.0 Å². The summed E-state index contributed by atoms with van der Waals surface area (Å²) in [5.74, 6) is -1.57. The predicted molar refractivity (Wildman–Crippen MR) is 131 cm³/mol. The molecular weight excluding hydrogens is 462 g/mol. The lowest BCUT2D eigenvalue weighted by Crippen LogP contribution is -2.47. The third-order valence-electron chi connectivity index (χ3n) is 5.51. The number of carbonyl (C=O) groups is 5. The standard InChI is InChI=1S/C23H31N3O5S2/c1-24-22(30)16(12-15-6-4-3-5-7-15)13-18(27)17(14-33-2)25-23(31)19(32)10-11-26-20(28)8-9-21(26)29/h3-7,16-17,19,32H,8-14H2,1-2H3,(H,24,30)(H,25,31)/t16-,17+,19+/m1/s1. The number of carbonyl (C=O) groups excluding carboxylic acids is 5. The van der Waals surface area contributed by atoms with Crippen molar-refractivity contribution in [3.63, 3.8) is 0 Å². The van der Waals surface area contributed by atoms with Crippen molar-refractivity contribution in [2.24, 2.45) is 5.92 Å². The van der Waals surface area contributed by atoms with Crippen LogP contribution in [0.4, 0.5) is 0 Å². The van der Waals surface area contributed by atoms with Crippen LogP contribution in [-0.4, -0.2) is 71.2 Å². The first-order chi connectivity index (χ1) is 15.8. The molecule has 0 saturated carbocycles. The number of hydrogen-bond donors (Lipinski definition) is 3. The van der Waals surface area contributed by atoms with Crippen molar-refractivity contribution in [2.75, 3.05) is 25.6 Å². The van der Waals surface area contributed by atoms with E-state index in [0.29, 0.717) is 12.2 Å². The molecule has 4 amide bonds. The molecule has 1 saturated heterocycles. The van der Waals surface area contributed by atoms with Gasteiger partial charge in [0.15, 0.2) is 5.78 Å².